The van der Waals surface area contributed by atoms with Crippen molar-refractivity contribution in [2.45, 2.75) is 33.1 Å². The molecule has 0 spiro atoms. The van der Waals surface area contributed by atoms with E-state index in [0.29, 0.717) is 5.82 Å². The van der Waals surface area contributed by atoms with Gasteiger partial charge in [0.25, 0.3) is 0 Å². The molecule has 0 bridgehead atoms. The predicted octanol–water partition coefficient (Wildman–Crippen LogP) is 11.5. The highest BCUT2D eigenvalue weighted by molar-refractivity contribution is 6.05. The van der Waals surface area contributed by atoms with Crippen LogP contribution in [-0.2, 0) is 5.41 Å². The molecule has 5 aromatic carbocycles. The Balaban J connectivity index is 1.16. The van der Waals surface area contributed by atoms with Crippen molar-refractivity contribution in [2.75, 3.05) is 0 Å². The first-order valence-electron chi connectivity index (χ1n) is 16.7. The normalized spacial score (nSPS) is 11.7. The van der Waals surface area contributed by atoms with Crippen LogP contribution in [0.4, 0.5) is 0 Å². The largest absolute Gasteiger partial charge is 0.251 e. The number of hydrogen-bond acceptors (Lipinski definition) is 4. The maximum absolute atomic E-state index is 5.18. The molecule has 3 aromatic heterocycles. The van der Waals surface area contributed by atoms with E-state index in [4.69, 9.17) is 19.9 Å². The van der Waals surface area contributed by atoms with E-state index in [1.165, 1.54) is 10.9 Å². The Bertz CT molecular complexity index is 2400. The fourth-order valence-electron chi connectivity index (χ4n) is 6.54. The minimum atomic E-state index is 0.00533. The van der Waals surface area contributed by atoms with Gasteiger partial charge in [0.2, 0.25) is 0 Å². The van der Waals surface area contributed by atoms with Gasteiger partial charge < -0.3 is 0 Å². The summed E-state index contributed by atoms with van der Waals surface area (Å²) in [7, 11) is 0. The highest BCUT2D eigenvalue weighted by Gasteiger charge is 2.20. The van der Waals surface area contributed by atoms with Crippen molar-refractivity contribution in [1.82, 2.24) is 19.9 Å². The molecule has 8 aromatic rings. The number of aromatic nitrogens is 4. The van der Waals surface area contributed by atoms with Gasteiger partial charge in [-0.3, -0.25) is 4.98 Å². The Hall–Kier alpha value is -6.00. The molecule has 0 aliphatic heterocycles. The van der Waals surface area contributed by atoms with Crippen LogP contribution in [-0.4, -0.2) is 19.9 Å². The maximum Gasteiger partial charge on any atom is 0.160 e. The molecular formula is C45H36N4. The van der Waals surface area contributed by atoms with E-state index >= 15 is 0 Å². The van der Waals surface area contributed by atoms with Gasteiger partial charge >= 0.3 is 0 Å². The van der Waals surface area contributed by atoms with Crippen LogP contribution in [0, 0.1) is 6.92 Å². The molecular weight excluding hydrogens is 597 g/mol. The molecule has 0 saturated carbocycles. The average molecular weight is 633 g/mol. The molecule has 0 radical (unpaired) electrons. The van der Waals surface area contributed by atoms with Crippen LogP contribution >= 0.6 is 0 Å². The second kappa shape index (κ2) is 12.2. The lowest BCUT2D eigenvalue weighted by Gasteiger charge is -2.22. The molecule has 0 atom stereocenters. The second-order valence-electron chi connectivity index (χ2n) is 13.6. The van der Waals surface area contributed by atoms with Crippen molar-refractivity contribution >= 4 is 21.8 Å². The zero-order valence-electron chi connectivity index (χ0n) is 28.1. The van der Waals surface area contributed by atoms with Crippen molar-refractivity contribution in [3.63, 3.8) is 0 Å². The van der Waals surface area contributed by atoms with Gasteiger partial charge in [0.1, 0.15) is 0 Å². The van der Waals surface area contributed by atoms with Crippen molar-refractivity contribution < 1.29 is 0 Å². The van der Waals surface area contributed by atoms with E-state index in [-0.39, 0.29) is 5.41 Å². The number of rotatable bonds is 5. The average Bonchev–Trinajstić information content (AvgIpc) is 3.14. The van der Waals surface area contributed by atoms with Crippen molar-refractivity contribution in [3.8, 4) is 56.3 Å². The highest BCUT2D eigenvalue weighted by atomic mass is 14.9. The van der Waals surface area contributed by atoms with Gasteiger partial charge in [-0.05, 0) is 53.3 Å². The fourth-order valence-corrected chi connectivity index (χ4v) is 6.54. The topological polar surface area (TPSA) is 51.6 Å². The molecule has 0 N–H and O–H groups in total. The Kier molecular flexibility index (Phi) is 7.57. The van der Waals surface area contributed by atoms with E-state index in [0.717, 1.165) is 72.6 Å². The molecule has 236 valence electrons. The van der Waals surface area contributed by atoms with Gasteiger partial charge in [-0.2, -0.15) is 0 Å². The minimum Gasteiger partial charge on any atom is -0.251 e. The van der Waals surface area contributed by atoms with Crippen LogP contribution in [0.5, 0.6) is 0 Å². The van der Waals surface area contributed by atoms with Gasteiger partial charge in [-0.15, -0.1) is 0 Å². The minimum absolute atomic E-state index is 0.00533. The summed E-state index contributed by atoms with van der Waals surface area (Å²) in [6.07, 6.45) is 0. The van der Waals surface area contributed by atoms with Crippen molar-refractivity contribution in [3.05, 3.63) is 157 Å². The van der Waals surface area contributed by atoms with E-state index in [2.05, 4.69) is 137 Å². The van der Waals surface area contributed by atoms with E-state index in [9.17, 15) is 0 Å². The summed E-state index contributed by atoms with van der Waals surface area (Å²) in [6.45, 7) is 8.83. The van der Waals surface area contributed by atoms with Gasteiger partial charge in [0.05, 0.1) is 28.1 Å². The molecule has 4 heteroatoms. The van der Waals surface area contributed by atoms with Crippen molar-refractivity contribution in [2.24, 2.45) is 0 Å². The summed E-state index contributed by atoms with van der Waals surface area (Å²) in [6, 6.07) is 50.6. The van der Waals surface area contributed by atoms with Gasteiger partial charge in [0, 0.05) is 38.7 Å². The van der Waals surface area contributed by atoms with Gasteiger partial charge in [0.15, 0.2) is 5.82 Å². The van der Waals surface area contributed by atoms with Crippen LogP contribution in [0.3, 0.4) is 0 Å². The van der Waals surface area contributed by atoms with Crippen LogP contribution in [0.2, 0.25) is 0 Å². The highest BCUT2D eigenvalue weighted by Crippen LogP contribution is 2.35. The molecule has 4 nitrogen and oxygen atoms in total. The summed E-state index contributed by atoms with van der Waals surface area (Å²) in [5.41, 5.74) is 13.3. The number of benzene rings is 5. The van der Waals surface area contributed by atoms with Crippen molar-refractivity contribution in [1.29, 1.82) is 0 Å². The number of hydrogen-bond donors (Lipinski definition) is 0. The Morgan fingerprint density at radius 1 is 0.408 bits per heavy atom. The second-order valence-corrected chi connectivity index (χ2v) is 13.6. The molecule has 0 aliphatic rings. The molecule has 8 rings (SSSR count). The summed E-state index contributed by atoms with van der Waals surface area (Å²) < 4.78 is 0. The number of nitrogens with zero attached hydrogens (tertiary/aromatic N) is 4. The van der Waals surface area contributed by atoms with Crippen LogP contribution in [0.15, 0.2) is 146 Å². The van der Waals surface area contributed by atoms with Gasteiger partial charge in [-0.25, -0.2) is 15.0 Å². The third-order valence-electron chi connectivity index (χ3n) is 9.08. The zero-order chi connectivity index (χ0) is 33.5. The number of fused-ring (bicyclic) bond motifs is 3. The summed E-state index contributed by atoms with van der Waals surface area (Å²) in [5, 5.41) is 2.26. The molecule has 0 amide bonds. The van der Waals surface area contributed by atoms with Crippen LogP contribution < -0.4 is 0 Å². The molecule has 0 aliphatic carbocycles. The fraction of sp³-hybridized carbons (Fsp3) is 0.111. The lowest BCUT2D eigenvalue weighted by molar-refractivity contribution is 0.594. The maximum atomic E-state index is 5.18. The first kappa shape index (κ1) is 30.3. The van der Waals surface area contributed by atoms with Crippen LogP contribution in [0.25, 0.3) is 78.1 Å². The first-order chi connectivity index (χ1) is 23.8. The number of aryl methyl sites for hydroxylation is 1. The summed E-state index contributed by atoms with van der Waals surface area (Å²) in [4.78, 5) is 20.2. The zero-order valence-corrected chi connectivity index (χ0v) is 28.1. The third-order valence-corrected chi connectivity index (χ3v) is 9.08. The van der Waals surface area contributed by atoms with Crippen LogP contribution in [0.1, 0.15) is 32.0 Å². The molecule has 49 heavy (non-hydrogen) atoms. The van der Waals surface area contributed by atoms with E-state index in [1.807, 2.05) is 36.4 Å². The standard InChI is InChI=1S/C45H36N4/c1-29-26-38(45(2,3)4)37-24-22-34-23-25-39(47-42(34)43(37)46-29)33-20-18-30(19-21-33)35-16-11-17-36(27-35)44-48-40(31-12-7-5-8-13-31)28-41(49-44)32-14-9-6-10-15-32/h5-28H,1-4H3. The molecule has 3 heterocycles. The number of pyridine rings is 2. The SMILES string of the molecule is Cc1cc(C(C)(C)C)c2ccc3ccc(-c4ccc(-c5cccc(-c6nc(-c7ccccc7)cc(-c7ccccc7)n6)c5)cc4)nc3c2n1. The van der Waals surface area contributed by atoms with Gasteiger partial charge in [-0.1, -0.05) is 142 Å². The molecule has 0 unspecified atom stereocenters. The summed E-state index contributed by atoms with van der Waals surface area (Å²) in [5.74, 6) is 0.699. The monoisotopic (exact) mass is 632 g/mol. The molecule has 0 saturated heterocycles. The Labute approximate surface area is 287 Å². The van der Waals surface area contributed by atoms with E-state index in [1.54, 1.807) is 0 Å². The lowest BCUT2D eigenvalue weighted by Crippen LogP contribution is -2.12. The lowest BCUT2D eigenvalue weighted by atomic mass is 9.84. The van der Waals surface area contributed by atoms with E-state index < -0.39 is 0 Å². The first-order valence-corrected chi connectivity index (χ1v) is 16.7. The molecule has 0 fully saturated rings. The summed E-state index contributed by atoms with van der Waals surface area (Å²) >= 11 is 0. The Morgan fingerprint density at radius 3 is 1.63 bits per heavy atom. The quantitative estimate of drug-likeness (QED) is 0.177. The predicted molar refractivity (Wildman–Crippen MR) is 203 cm³/mol. The smallest absolute Gasteiger partial charge is 0.160 e. The Morgan fingerprint density at radius 2 is 0.980 bits per heavy atom. The third kappa shape index (κ3) is 5.98.